The van der Waals surface area contributed by atoms with Crippen molar-refractivity contribution >= 4 is 43.3 Å². The molecule has 0 saturated carbocycles. The maximum atomic E-state index is 12.2. The minimum absolute atomic E-state index is 0.0385. The molecule has 0 unspecified atom stereocenters. The first-order valence-electron chi connectivity index (χ1n) is 5.72. The molecular weight excluding hydrogens is 408 g/mol. The molecule has 2 rings (SSSR count). The number of pyridine rings is 1. The Morgan fingerprint density at radius 1 is 1.19 bits per heavy atom. The van der Waals surface area contributed by atoms with Crippen LogP contribution < -0.4 is 5.43 Å². The second kappa shape index (κ2) is 6.31. The number of nitrogens with zero attached hydrogens (tertiary/aromatic N) is 2. The van der Waals surface area contributed by atoms with Gasteiger partial charge in [0.25, 0.3) is 5.43 Å². The van der Waals surface area contributed by atoms with Crippen LogP contribution in [0, 0.1) is 10.1 Å². The van der Waals surface area contributed by atoms with Crippen molar-refractivity contribution in [3.05, 3.63) is 71.5 Å². The Morgan fingerprint density at radius 2 is 1.86 bits per heavy atom. The van der Waals surface area contributed by atoms with Gasteiger partial charge in [-0.3, -0.25) is 19.7 Å². The molecule has 0 atom stereocenters. The van der Waals surface area contributed by atoms with E-state index < -0.39 is 16.0 Å². The van der Waals surface area contributed by atoms with E-state index in [1.165, 1.54) is 10.8 Å². The van der Waals surface area contributed by atoms with Crippen LogP contribution in [0.1, 0.15) is 10.4 Å². The number of rotatable bonds is 4. The minimum atomic E-state index is -0.771. The SMILES string of the molecule is O=C(Cn1cc(Br)c(=O)c([N+](=O)[O-])c1)c1ccccc1Br. The van der Waals surface area contributed by atoms with Crippen molar-refractivity contribution in [2.45, 2.75) is 6.54 Å². The van der Waals surface area contributed by atoms with Crippen LogP contribution in [0.2, 0.25) is 0 Å². The molecule has 1 aromatic heterocycles. The lowest BCUT2D eigenvalue weighted by Gasteiger charge is -2.07. The molecule has 108 valence electrons. The second-order valence-corrected chi connectivity index (χ2v) is 5.86. The molecule has 0 N–H and O–H groups in total. The molecule has 1 aromatic carbocycles. The Bertz CT molecular complexity index is 786. The standard InChI is InChI=1S/C13H8Br2N2O4/c14-9-4-2-1-3-8(9)12(18)7-16-5-10(15)13(19)11(6-16)17(20)21/h1-6H,7H2. The van der Waals surface area contributed by atoms with Crippen LogP contribution in [-0.2, 0) is 6.54 Å². The first kappa shape index (κ1) is 15.6. The smallest absolute Gasteiger partial charge is 0.333 e. The van der Waals surface area contributed by atoms with Crippen molar-refractivity contribution in [3.63, 3.8) is 0 Å². The van der Waals surface area contributed by atoms with Gasteiger partial charge in [-0.05, 0) is 22.0 Å². The van der Waals surface area contributed by atoms with Gasteiger partial charge in [0, 0.05) is 16.2 Å². The summed E-state index contributed by atoms with van der Waals surface area (Å²) in [6, 6.07) is 6.89. The molecule has 0 aliphatic heterocycles. The fourth-order valence-electron chi connectivity index (χ4n) is 1.74. The van der Waals surface area contributed by atoms with Crippen LogP contribution in [0.25, 0.3) is 0 Å². The fourth-order valence-corrected chi connectivity index (χ4v) is 2.71. The highest BCUT2D eigenvalue weighted by atomic mass is 79.9. The zero-order valence-electron chi connectivity index (χ0n) is 10.5. The van der Waals surface area contributed by atoms with E-state index >= 15 is 0 Å². The van der Waals surface area contributed by atoms with E-state index in [0.29, 0.717) is 10.0 Å². The van der Waals surface area contributed by atoms with Crippen molar-refractivity contribution in [1.82, 2.24) is 4.57 Å². The molecule has 0 saturated heterocycles. The summed E-state index contributed by atoms with van der Waals surface area (Å²) in [5.41, 5.74) is -0.830. The number of halogens is 2. The highest BCUT2D eigenvalue weighted by molar-refractivity contribution is 9.10. The number of Topliss-reactive ketones (excluding diaryl/α,β-unsaturated/α-hetero) is 1. The molecular formula is C13H8Br2N2O4. The van der Waals surface area contributed by atoms with Gasteiger partial charge in [-0.1, -0.05) is 34.1 Å². The molecule has 0 bridgehead atoms. The van der Waals surface area contributed by atoms with E-state index in [1.54, 1.807) is 24.3 Å². The third kappa shape index (κ3) is 3.45. The Hall–Kier alpha value is -1.80. The summed E-state index contributed by atoms with van der Waals surface area (Å²) in [4.78, 5) is 33.8. The quantitative estimate of drug-likeness (QED) is 0.436. The fraction of sp³-hybridized carbons (Fsp3) is 0.0769. The van der Waals surface area contributed by atoms with Crippen molar-refractivity contribution < 1.29 is 9.72 Å². The summed E-state index contributed by atoms with van der Waals surface area (Å²) in [6.07, 6.45) is 2.41. The number of benzene rings is 1. The highest BCUT2D eigenvalue weighted by Gasteiger charge is 2.17. The zero-order chi connectivity index (χ0) is 15.6. The second-order valence-electron chi connectivity index (χ2n) is 4.15. The lowest BCUT2D eigenvalue weighted by atomic mass is 10.1. The largest absolute Gasteiger partial charge is 0.339 e. The number of aromatic nitrogens is 1. The molecule has 0 aliphatic rings. The van der Waals surface area contributed by atoms with Gasteiger partial charge in [-0.15, -0.1) is 0 Å². The van der Waals surface area contributed by atoms with E-state index in [0.717, 1.165) is 6.20 Å². The lowest BCUT2D eigenvalue weighted by Crippen LogP contribution is -2.17. The summed E-state index contributed by atoms with van der Waals surface area (Å²) in [5, 5.41) is 10.8. The predicted molar refractivity (Wildman–Crippen MR) is 83.5 cm³/mol. The van der Waals surface area contributed by atoms with E-state index in [9.17, 15) is 19.7 Å². The Kier molecular flexibility index (Phi) is 4.69. The molecule has 6 nitrogen and oxygen atoms in total. The Labute approximate surface area is 135 Å². The number of hydrogen-bond donors (Lipinski definition) is 0. The molecule has 0 fully saturated rings. The van der Waals surface area contributed by atoms with Gasteiger partial charge in [0.15, 0.2) is 5.78 Å². The van der Waals surface area contributed by atoms with Crippen LogP contribution in [0.15, 0.2) is 50.4 Å². The van der Waals surface area contributed by atoms with E-state index in [1.807, 2.05) is 0 Å². The van der Waals surface area contributed by atoms with E-state index in [2.05, 4.69) is 31.9 Å². The zero-order valence-corrected chi connectivity index (χ0v) is 13.6. The number of carbonyl (C=O) groups is 1. The van der Waals surface area contributed by atoms with Gasteiger partial charge in [0.1, 0.15) is 0 Å². The number of hydrogen-bond acceptors (Lipinski definition) is 4. The minimum Gasteiger partial charge on any atom is -0.339 e. The molecule has 2 aromatic rings. The summed E-state index contributed by atoms with van der Waals surface area (Å²) in [6.45, 7) is -0.109. The first-order chi connectivity index (χ1) is 9.90. The number of nitro groups is 1. The van der Waals surface area contributed by atoms with Crippen LogP contribution >= 0.6 is 31.9 Å². The van der Waals surface area contributed by atoms with Gasteiger partial charge in [0.2, 0.25) is 0 Å². The van der Waals surface area contributed by atoms with Crippen LogP contribution in [0.4, 0.5) is 5.69 Å². The molecule has 0 radical (unpaired) electrons. The molecule has 1 heterocycles. The molecule has 0 amide bonds. The van der Waals surface area contributed by atoms with Gasteiger partial charge in [-0.25, -0.2) is 0 Å². The van der Waals surface area contributed by atoms with Crippen molar-refractivity contribution in [1.29, 1.82) is 0 Å². The Morgan fingerprint density at radius 3 is 2.48 bits per heavy atom. The van der Waals surface area contributed by atoms with E-state index in [4.69, 9.17) is 0 Å². The molecule has 0 aliphatic carbocycles. The maximum Gasteiger partial charge on any atom is 0.333 e. The molecule has 0 spiro atoms. The van der Waals surface area contributed by atoms with E-state index in [-0.39, 0.29) is 16.8 Å². The summed E-state index contributed by atoms with van der Waals surface area (Å²) in [7, 11) is 0. The normalized spacial score (nSPS) is 10.4. The average Bonchev–Trinajstić information content (AvgIpc) is 2.42. The van der Waals surface area contributed by atoms with Crippen LogP contribution in [-0.4, -0.2) is 15.3 Å². The highest BCUT2D eigenvalue weighted by Crippen LogP contribution is 2.18. The Balaban J connectivity index is 2.37. The average molecular weight is 416 g/mol. The topological polar surface area (TPSA) is 82.2 Å². The monoisotopic (exact) mass is 414 g/mol. The van der Waals surface area contributed by atoms with Crippen molar-refractivity contribution in [2.24, 2.45) is 0 Å². The van der Waals surface area contributed by atoms with Crippen LogP contribution in [0.3, 0.4) is 0 Å². The van der Waals surface area contributed by atoms with Gasteiger partial charge in [0.05, 0.1) is 22.1 Å². The number of carbonyl (C=O) groups excluding carboxylic acids is 1. The summed E-state index contributed by atoms with van der Waals surface area (Å²) in [5.74, 6) is -0.229. The van der Waals surface area contributed by atoms with Gasteiger partial charge >= 0.3 is 5.69 Å². The molecule has 8 heteroatoms. The molecule has 21 heavy (non-hydrogen) atoms. The van der Waals surface area contributed by atoms with Crippen molar-refractivity contribution in [2.75, 3.05) is 0 Å². The predicted octanol–water partition coefficient (Wildman–Crippen LogP) is 3.16. The van der Waals surface area contributed by atoms with Crippen LogP contribution in [0.5, 0.6) is 0 Å². The maximum absolute atomic E-state index is 12.2. The lowest BCUT2D eigenvalue weighted by molar-refractivity contribution is -0.386. The third-order valence-corrected chi connectivity index (χ3v) is 3.97. The van der Waals surface area contributed by atoms with Crippen molar-refractivity contribution in [3.8, 4) is 0 Å². The van der Waals surface area contributed by atoms with Gasteiger partial charge < -0.3 is 4.57 Å². The first-order valence-corrected chi connectivity index (χ1v) is 7.30. The summed E-state index contributed by atoms with van der Waals surface area (Å²) >= 11 is 6.24. The van der Waals surface area contributed by atoms with Gasteiger partial charge in [-0.2, -0.15) is 0 Å². The summed E-state index contributed by atoms with van der Waals surface area (Å²) < 4.78 is 1.99. The number of ketones is 1. The third-order valence-electron chi connectivity index (χ3n) is 2.71.